The molecular weight excluding hydrogens is 472 g/mol. The van der Waals surface area contributed by atoms with Crippen LogP contribution in [0.4, 0.5) is 0 Å². The largest absolute Gasteiger partial charge is 0.493 e. The molecule has 0 amide bonds. The van der Waals surface area contributed by atoms with Gasteiger partial charge in [0.2, 0.25) is 5.88 Å². The van der Waals surface area contributed by atoms with Gasteiger partial charge in [-0.15, -0.1) is 6.58 Å². The SMILES string of the molecule is C=CCCCCCCCCCc1ccc(C(=O)Oc2cnc(-c3ccc(OCC(C)CC)cc3)cn2)cc1. The van der Waals surface area contributed by atoms with Crippen LogP contribution in [0.2, 0.25) is 0 Å². The van der Waals surface area contributed by atoms with Crippen molar-refractivity contribution in [2.45, 2.75) is 78.1 Å². The summed E-state index contributed by atoms with van der Waals surface area (Å²) >= 11 is 0. The van der Waals surface area contributed by atoms with Crippen LogP contribution in [-0.2, 0) is 6.42 Å². The molecule has 3 aromatic rings. The van der Waals surface area contributed by atoms with Gasteiger partial charge in [-0.05, 0) is 73.6 Å². The van der Waals surface area contributed by atoms with Crippen LogP contribution in [-0.4, -0.2) is 22.5 Å². The number of allylic oxidation sites excluding steroid dienone is 1. The zero-order valence-corrected chi connectivity index (χ0v) is 23.0. The Morgan fingerprint density at radius 3 is 2.21 bits per heavy atom. The van der Waals surface area contributed by atoms with E-state index in [1.807, 2.05) is 54.6 Å². The quantitative estimate of drug-likeness (QED) is 0.102. The fourth-order valence-corrected chi connectivity index (χ4v) is 4.06. The van der Waals surface area contributed by atoms with Crippen LogP contribution in [0, 0.1) is 5.92 Å². The van der Waals surface area contributed by atoms with Crippen molar-refractivity contribution in [1.82, 2.24) is 9.97 Å². The first-order valence-corrected chi connectivity index (χ1v) is 14.1. The predicted molar refractivity (Wildman–Crippen MR) is 155 cm³/mol. The molecule has 2 aromatic carbocycles. The van der Waals surface area contributed by atoms with Crippen LogP contribution in [0.25, 0.3) is 11.3 Å². The first-order chi connectivity index (χ1) is 18.6. The second kappa shape index (κ2) is 16.4. The van der Waals surface area contributed by atoms with Crippen molar-refractivity contribution in [3.8, 4) is 22.9 Å². The number of rotatable bonds is 17. The first-order valence-electron chi connectivity index (χ1n) is 14.1. The lowest BCUT2D eigenvalue weighted by atomic mass is 10.0. The third-order valence-corrected chi connectivity index (χ3v) is 6.77. The average Bonchev–Trinajstić information content (AvgIpc) is 2.96. The Balaban J connectivity index is 1.40. The second-order valence-electron chi connectivity index (χ2n) is 9.98. The number of nitrogens with zero attached hydrogens (tertiary/aromatic N) is 2. The molecule has 0 saturated heterocycles. The highest BCUT2D eigenvalue weighted by atomic mass is 16.5. The van der Waals surface area contributed by atoms with Gasteiger partial charge in [0.1, 0.15) is 5.75 Å². The van der Waals surface area contributed by atoms with Gasteiger partial charge in [0.25, 0.3) is 0 Å². The summed E-state index contributed by atoms with van der Waals surface area (Å²) in [5.74, 6) is 1.11. The minimum Gasteiger partial charge on any atom is -0.493 e. The Morgan fingerprint density at radius 2 is 1.58 bits per heavy atom. The van der Waals surface area contributed by atoms with Crippen LogP contribution in [0.3, 0.4) is 0 Å². The van der Waals surface area contributed by atoms with E-state index in [1.54, 1.807) is 6.20 Å². The number of aromatic nitrogens is 2. The molecule has 5 nitrogen and oxygen atoms in total. The van der Waals surface area contributed by atoms with E-state index in [4.69, 9.17) is 9.47 Å². The standard InChI is InChI=1S/C33H42N2O3/c1-4-6-7-8-9-10-11-12-13-14-27-15-17-29(18-16-27)33(36)38-32-24-34-31(23-35-32)28-19-21-30(22-20-28)37-25-26(3)5-2/h4,15-24,26H,1,5-14,25H2,2-3H3. The highest BCUT2D eigenvalue weighted by molar-refractivity contribution is 5.90. The van der Waals surface area contributed by atoms with Crippen molar-refractivity contribution in [3.63, 3.8) is 0 Å². The van der Waals surface area contributed by atoms with Gasteiger partial charge < -0.3 is 9.47 Å². The smallest absolute Gasteiger partial charge is 0.344 e. The van der Waals surface area contributed by atoms with Gasteiger partial charge in [-0.2, -0.15) is 0 Å². The molecule has 38 heavy (non-hydrogen) atoms. The Morgan fingerprint density at radius 1 is 0.895 bits per heavy atom. The fraction of sp³-hybridized carbons (Fsp3) is 0.424. The van der Waals surface area contributed by atoms with E-state index in [2.05, 4.69) is 30.4 Å². The zero-order valence-electron chi connectivity index (χ0n) is 23.0. The third kappa shape index (κ3) is 10.1. The Hall–Kier alpha value is -3.47. The molecule has 0 N–H and O–H groups in total. The fourth-order valence-electron chi connectivity index (χ4n) is 4.06. The number of esters is 1. The predicted octanol–water partition coefficient (Wildman–Crippen LogP) is 8.64. The minimum atomic E-state index is -0.433. The lowest BCUT2D eigenvalue weighted by Crippen LogP contribution is -2.09. The summed E-state index contributed by atoms with van der Waals surface area (Å²) in [6.07, 6.45) is 17.3. The van der Waals surface area contributed by atoms with Crippen LogP contribution in [0.15, 0.2) is 73.6 Å². The molecule has 0 radical (unpaired) electrons. The molecule has 1 atom stereocenters. The molecule has 0 bridgehead atoms. The molecule has 1 unspecified atom stereocenters. The summed E-state index contributed by atoms with van der Waals surface area (Å²) in [6, 6.07) is 15.4. The maximum atomic E-state index is 12.6. The zero-order chi connectivity index (χ0) is 27.0. The Kier molecular flexibility index (Phi) is 12.5. The molecule has 202 valence electrons. The number of unbranched alkanes of at least 4 members (excludes halogenated alkanes) is 7. The molecule has 0 saturated carbocycles. The number of hydrogen-bond donors (Lipinski definition) is 0. The molecule has 3 rings (SSSR count). The molecule has 5 heteroatoms. The van der Waals surface area contributed by atoms with Gasteiger partial charge in [-0.1, -0.05) is 70.6 Å². The average molecular weight is 515 g/mol. The van der Waals surface area contributed by atoms with Gasteiger partial charge in [-0.3, -0.25) is 0 Å². The van der Waals surface area contributed by atoms with Crippen LogP contribution < -0.4 is 9.47 Å². The van der Waals surface area contributed by atoms with E-state index >= 15 is 0 Å². The van der Waals surface area contributed by atoms with Crippen molar-refractivity contribution in [2.24, 2.45) is 5.92 Å². The maximum absolute atomic E-state index is 12.6. The van der Waals surface area contributed by atoms with Gasteiger partial charge in [0.15, 0.2) is 0 Å². The van der Waals surface area contributed by atoms with Gasteiger partial charge in [0, 0.05) is 5.56 Å². The van der Waals surface area contributed by atoms with Gasteiger partial charge in [0.05, 0.1) is 30.3 Å². The topological polar surface area (TPSA) is 61.3 Å². The van der Waals surface area contributed by atoms with E-state index < -0.39 is 5.97 Å². The highest BCUT2D eigenvalue weighted by Gasteiger charge is 2.11. The van der Waals surface area contributed by atoms with Crippen molar-refractivity contribution < 1.29 is 14.3 Å². The normalized spacial score (nSPS) is 11.6. The first kappa shape index (κ1) is 29.1. The van der Waals surface area contributed by atoms with Crippen molar-refractivity contribution in [1.29, 1.82) is 0 Å². The summed E-state index contributed by atoms with van der Waals surface area (Å²) in [7, 11) is 0. The van der Waals surface area contributed by atoms with E-state index in [0.717, 1.165) is 30.6 Å². The van der Waals surface area contributed by atoms with Crippen molar-refractivity contribution in [2.75, 3.05) is 6.61 Å². The molecule has 0 aliphatic heterocycles. The number of aryl methyl sites for hydroxylation is 1. The molecule has 0 fully saturated rings. The number of benzene rings is 2. The lowest BCUT2D eigenvalue weighted by Gasteiger charge is -2.11. The molecule has 0 aliphatic rings. The van der Waals surface area contributed by atoms with Crippen LogP contribution in [0.5, 0.6) is 11.6 Å². The number of hydrogen-bond acceptors (Lipinski definition) is 5. The summed E-state index contributed by atoms with van der Waals surface area (Å²) in [5.41, 5.74) is 3.38. The van der Waals surface area contributed by atoms with E-state index in [-0.39, 0.29) is 5.88 Å². The summed E-state index contributed by atoms with van der Waals surface area (Å²) < 4.78 is 11.3. The van der Waals surface area contributed by atoms with Crippen LogP contribution in [0.1, 0.15) is 87.6 Å². The highest BCUT2D eigenvalue weighted by Crippen LogP contribution is 2.22. The van der Waals surface area contributed by atoms with Crippen molar-refractivity contribution >= 4 is 5.97 Å². The number of carbonyl (C=O) groups excluding carboxylic acids is 1. The molecule has 0 aliphatic carbocycles. The van der Waals surface area contributed by atoms with E-state index in [0.29, 0.717) is 23.8 Å². The maximum Gasteiger partial charge on any atom is 0.344 e. The monoisotopic (exact) mass is 514 g/mol. The minimum absolute atomic E-state index is 0.181. The second-order valence-corrected chi connectivity index (χ2v) is 9.98. The lowest BCUT2D eigenvalue weighted by molar-refractivity contribution is 0.0727. The molecule has 1 heterocycles. The van der Waals surface area contributed by atoms with Gasteiger partial charge >= 0.3 is 5.97 Å². The van der Waals surface area contributed by atoms with E-state index in [1.165, 1.54) is 56.7 Å². The number of carbonyl (C=O) groups is 1. The van der Waals surface area contributed by atoms with Crippen LogP contribution >= 0.6 is 0 Å². The van der Waals surface area contributed by atoms with E-state index in [9.17, 15) is 4.79 Å². The number of ether oxygens (including phenoxy) is 2. The molecular formula is C33H42N2O3. The van der Waals surface area contributed by atoms with Gasteiger partial charge in [-0.25, -0.2) is 14.8 Å². The Labute approximate surface area is 228 Å². The summed E-state index contributed by atoms with van der Waals surface area (Å²) in [5, 5.41) is 0. The summed E-state index contributed by atoms with van der Waals surface area (Å²) in [4.78, 5) is 21.3. The molecule has 1 aromatic heterocycles. The third-order valence-electron chi connectivity index (χ3n) is 6.77. The summed E-state index contributed by atoms with van der Waals surface area (Å²) in [6.45, 7) is 8.80. The Bertz CT molecular complexity index is 1090. The molecule has 0 spiro atoms. The van der Waals surface area contributed by atoms with Crippen molar-refractivity contribution in [3.05, 3.63) is 84.7 Å².